The zero-order valence-electron chi connectivity index (χ0n) is 5.00. The molecule has 1 nitrogen and oxygen atoms in total. The molecule has 0 saturated heterocycles. The number of nitrogens with zero attached hydrogens (tertiary/aromatic N) is 1. The van der Waals surface area contributed by atoms with Crippen molar-refractivity contribution >= 4 is 10.5 Å². The number of aryl methyl sites for hydroxylation is 1. The van der Waals surface area contributed by atoms with E-state index in [0.29, 0.717) is 10.5 Å². The Morgan fingerprint density at radius 3 is 3.00 bits per heavy atom. The monoisotopic (exact) mass is 128 g/mol. The number of hydrogen-bond donors (Lipinski definition) is 0. The van der Waals surface area contributed by atoms with Gasteiger partial charge in [-0.15, -0.1) is 0 Å². The van der Waals surface area contributed by atoms with Crippen molar-refractivity contribution in [3.63, 3.8) is 0 Å². The number of aromatic nitrogens is 1. The molecular weight excluding hydrogens is 118 g/mol. The molecule has 0 bridgehead atoms. The molecule has 1 atom stereocenters. The lowest BCUT2D eigenvalue weighted by Crippen LogP contribution is -1.62. The van der Waals surface area contributed by atoms with Crippen LogP contribution in [0.25, 0.3) is 0 Å². The Labute approximate surface area is 52.4 Å². The molecule has 44 valence electrons. The molecule has 0 radical (unpaired) electrons. The first kappa shape index (κ1) is 5.76. The minimum absolute atomic E-state index is 0.400. The van der Waals surface area contributed by atoms with Gasteiger partial charge in [-0.05, 0) is 16.9 Å². The van der Waals surface area contributed by atoms with Crippen molar-refractivity contribution in [1.82, 2.24) is 4.98 Å². The van der Waals surface area contributed by atoms with Crippen LogP contribution in [0.3, 0.4) is 0 Å². The van der Waals surface area contributed by atoms with Gasteiger partial charge in [0.2, 0.25) is 5.51 Å². The lowest BCUT2D eigenvalue weighted by molar-refractivity contribution is 1.03. The van der Waals surface area contributed by atoms with Crippen molar-refractivity contribution in [3.05, 3.63) is 17.1 Å². The Bertz CT molecular complexity index is 134. The SMILES string of the molecule is CCC[s+]1ccnc1. The van der Waals surface area contributed by atoms with E-state index in [1.54, 1.807) is 0 Å². The Morgan fingerprint density at radius 1 is 1.62 bits per heavy atom. The minimum atomic E-state index is 0.400. The van der Waals surface area contributed by atoms with Crippen molar-refractivity contribution in [3.8, 4) is 0 Å². The van der Waals surface area contributed by atoms with Gasteiger partial charge in [0.1, 0.15) is 5.75 Å². The van der Waals surface area contributed by atoms with Crippen LogP contribution >= 0.6 is 10.5 Å². The summed E-state index contributed by atoms with van der Waals surface area (Å²) in [4.78, 5) is 3.99. The molecule has 0 amide bonds. The highest BCUT2D eigenvalue weighted by Gasteiger charge is 1.97. The zero-order valence-corrected chi connectivity index (χ0v) is 5.82. The van der Waals surface area contributed by atoms with Gasteiger partial charge in [0.15, 0.2) is 5.38 Å². The van der Waals surface area contributed by atoms with Crippen LogP contribution in [0.1, 0.15) is 13.3 Å². The smallest absolute Gasteiger partial charge is 0.208 e. The fraction of sp³-hybridized carbons (Fsp3) is 0.500. The maximum atomic E-state index is 3.99. The highest BCUT2D eigenvalue weighted by molar-refractivity contribution is 7.27. The molecule has 1 aromatic heterocycles. The Kier molecular flexibility index (Phi) is 2.03. The van der Waals surface area contributed by atoms with Gasteiger partial charge in [0, 0.05) is 0 Å². The van der Waals surface area contributed by atoms with E-state index in [2.05, 4.69) is 17.3 Å². The van der Waals surface area contributed by atoms with Crippen molar-refractivity contribution in [2.45, 2.75) is 19.1 Å². The second-order valence-electron chi connectivity index (χ2n) is 1.71. The molecule has 0 N–H and O–H groups in total. The highest BCUT2D eigenvalue weighted by atomic mass is 32.2. The van der Waals surface area contributed by atoms with Gasteiger partial charge in [0.25, 0.3) is 0 Å². The first-order valence-corrected chi connectivity index (χ1v) is 4.34. The van der Waals surface area contributed by atoms with E-state index in [1.807, 2.05) is 11.7 Å². The van der Waals surface area contributed by atoms with E-state index in [0.717, 1.165) is 0 Å². The quantitative estimate of drug-likeness (QED) is 0.557. The molecule has 0 saturated carbocycles. The minimum Gasteiger partial charge on any atom is -0.208 e. The summed E-state index contributed by atoms with van der Waals surface area (Å²) in [5.41, 5.74) is 2.03. The third-order valence-corrected chi connectivity index (χ3v) is 2.70. The Morgan fingerprint density at radius 2 is 2.50 bits per heavy atom. The van der Waals surface area contributed by atoms with Gasteiger partial charge in [-0.25, -0.2) is 4.98 Å². The number of hydrogen-bond acceptors (Lipinski definition) is 1. The lowest BCUT2D eigenvalue weighted by atomic mass is 10.6. The third-order valence-electron chi connectivity index (χ3n) is 0.958. The second kappa shape index (κ2) is 2.82. The molecule has 0 spiro atoms. The van der Waals surface area contributed by atoms with Gasteiger partial charge in [-0.1, -0.05) is 6.92 Å². The summed E-state index contributed by atoms with van der Waals surface area (Å²) in [5, 5.41) is 2.17. The summed E-state index contributed by atoms with van der Waals surface area (Å²) in [6.45, 7) is 2.20. The fourth-order valence-electron chi connectivity index (χ4n) is 0.618. The van der Waals surface area contributed by atoms with Crippen molar-refractivity contribution in [1.29, 1.82) is 0 Å². The fourth-order valence-corrected chi connectivity index (χ4v) is 1.85. The van der Waals surface area contributed by atoms with Gasteiger partial charge in [-0.3, -0.25) is 0 Å². The standard InChI is InChI=1S/C6H10NS/c1-2-4-8-5-3-7-6-8/h3,5-6H,2,4H2,1H3/q+1. The molecule has 0 aliphatic carbocycles. The first-order chi connectivity index (χ1) is 3.93. The van der Waals surface area contributed by atoms with Crippen LogP contribution < -0.4 is 0 Å². The summed E-state index contributed by atoms with van der Waals surface area (Å²) >= 11 is 0. The van der Waals surface area contributed by atoms with Crippen molar-refractivity contribution in [2.75, 3.05) is 0 Å². The molecule has 0 fully saturated rings. The van der Waals surface area contributed by atoms with E-state index in [9.17, 15) is 0 Å². The molecule has 0 aromatic carbocycles. The first-order valence-electron chi connectivity index (χ1n) is 2.82. The van der Waals surface area contributed by atoms with Crippen LogP contribution in [0.2, 0.25) is 0 Å². The maximum Gasteiger partial charge on any atom is 0.229 e. The summed E-state index contributed by atoms with van der Waals surface area (Å²) in [5.74, 6) is 1.28. The van der Waals surface area contributed by atoms with Gasteiger partial charge in [0.05, 0.1) is 6.20 Å². The van der Waals surface area contributed by atoms with Gasteiger partial charge < -0.3 is 0 Å². The number of rotatable bonds is 2. The van der Waals surface area contributed by atoms with E-state index in [4.69, 9.17) is 0 Å². The van der Waals surface area contributed by atoms with E-state index < -0.39 is 0 Å². The predicted molar refractivity (Wildman–Crippen MR) is 37.0 cm³/mol. The van der Waals surface area contributed by atoms with Crippen molar-refractivity contribution in [2.24, 2.45) is 0 Å². The lowest BCUT2D eigenvalue weighted by Gasteiger charge is -1.76. The Hall–Kier alpha value is -0.370. The van der Waals surface area contributed by atoms with Crippen molar-refractivity contribution < 1.29 is 0 Å². The van der Waals surface area contributed by atoms with Gasteiger partial charge in [-0.2, -0.15) is 0 Å². The topological polar surface area (TPSA) is 12.9 Å². The molecule has 8 heavy (non-hydrogen) atoms. The molecule has 2 heteroatoms. The number of thiazole rings is 1. The van der Waals surface area contributed by atoms with E-state index in [-0.39, 0.29) is 0 Å². The average Bonchev–Trinajstić information content (AvgIpc) is 2.19. The highest BCUT2D eigenvalue weighted by Crippen LogP contribution is 2.16. The van der Waals surface area contributed by atoms with Gasteiger partial charge >= 0.3 is 0 Å². The maximum absolute atomic E-state index is 3.99. The van der Waals surface area contributed by atoms with Crippen LogP contribution in [-0.2, 0) is 5.75 Å². The Balaban J connectivity index is 2.50. The van der Waals surface area contributed by atoms with Crippen LogP contribution in [0.15, 0.2) is 17.1 Å². The van der Waals surface area contributed by atoms with E-state index >= 15 is 0 Å². The second-order valence-corrected chi connectivity index (χ2v) is 3.54. The summed E-state index contributed by atoms with van der Waals surface area (Å²) < 4.78 is 0. The zero-order chi connectivity index (χ0) is 5.82. The average molecular weight is 128 g/mol. The summed E-state index contributed by atoms with van der Waals surface area (Å²) in [6.07, 6.45) is 3.15. The molecule has 1 rings (SSSR count). The summed E-state index contributed by atoms with van der Waals surface area (Å²) in [7, 11) is 0.400. The third kappa shape index (κ3) is 1.30. The molecular formula is C6H10NS+. The van der Waals surface area contributed by atoms with E-state index in [1.165, 1.54) is 12.2 Å². The summed E-state index contributed by atoms with van der Waals surface area (Å²) in [6, 6.07) is 0. The predicted octanol–water partition coefficient (Wildman–Crippen LogP) is 2.24. The molecule has 1 heterocycles. The van der Waals surface area contributed by atoms with Crippen LogP contribution in [0.5, 0.6) is 0 Å². The molecule has 0 aliphatic rings. The molecule has 1 aromatic rings. The van der Waals surface area contributed by atoms with Crippen LogP contribution in [0, 0.1) is 0 Å². The van der Waals surface area contributed by atoms with Crippen LogP contribution in [-0.4, -0.2) is 4.98 Å². The van der Waals surface area contributed by atoms with Crippen LogP contribution in [0.4, 0.5) is 0 Å². The molecule has 1 unspecified atom stereocenters. The normalized spacial score (nSPS) is 11.9. The molecule has 0 aliphatic heterocycles. The largest absolute Gasteiger partial charge is 0.229 e.